The molecule has 0 aromatic carbocycles. The molecule has 5 nitrogen and oxygen atoms in total. The van der Waals surface area contributed by atoms with Crippen molar-refractivity contribution in [1.82, 2.24) is 15.1 Å². The van der Waals surface area contributed by atoms with Gasteiger partial charge in [-0.3, -0.25) is 4.79 Å². The second-order valence-corrected chi connectivity index (χ2v) is 7.92. The standard InChI is InChI=1S/C21H36N4O/c1-24-13-15-25(16-14-24)18-19(17-22)21(26)23-20-11-9-7-5-3-2-4-6-8-10-12-20/h18,20H,2-16H2,1H3,(H,23,26)/b19-18-. The predicted octanol–water partition coefficient (Wildman–Crippen LogP) is 3.43. The van der Waals surface area contributed by atoms with Crippen LogP contribution < -0.4 is 5.32 Å². The minimum Gasteiger partial charge on any atom is -0.374 e. The van der Waals surface area contributed by atoms with Gasteiger partial charge in [0.1, 0.15) is 11.6 Å². The van der Waals surface area contributed by atoms with Gasteiger partial charge < -0.3 is 15.1 Å². The van der Waals surface area contributed by atoms with Crippen molar-refractivity contribution in [3.8, 4) is 6.07 Å². The van der Waals surface area contributed by atoms with E-state index in [0.29, 0.717) is 0 Å². The van der Waals surface area contributed by atoms with Crippen LogP contribution in [0.1, 0.15) is 70.6 Å². The van der Waals surface area contributed by atoms with E-state index in [1.54, 1.807) is 6.20 Å². The topological polar surface area (TPSA) is 59.4 Å². The van der Waals surface area contributed by atoms with Crippen LogP contribution in [0.4, 0.5) is 0 Å². The summed E-state index contributed by atoms with van der Waals surface area (Å²) in [5, 5.41) is 12.6. The van der Waals surface area contributed by atoms with Crippen LogP contribution in [0.15, 0.2) is 11.8 Å². The van der Waals surface area contributed by atoms with Crippen molar-refractivity contribution in [2.75, 3.05) is 33.2 Å². The molecular weight excluding hydrogens is 324 g/mol. The van der Waals surface area contributed by atoms with Crippen LogP contribution >= 0.6 is 0 Å². The second kappa shape index (κ2) is 12.0. The van der Waals surface area contributed by atoms with Gasteiger partial charge >= 0.3 is 0 Å². The Kier molecular flexibility index (Phi) is 9.55. The van der Waals surface area contributed by atoms with Crippen LogP contribution in [0.2, 0.25) is 0 Å². The first-order valence-corrected chi connectivity index (χ1v) is 10.5. The number of carbonyl (C=O) groups excluding carboxylic acids is 1. The number of nitrogens with zero attached hydrogens (tertiary/aromatic N) is 3. The summed E-state index contributed by atoms with van der Waals surface area (Å²) in [6.45, 7) is 3.69. The molecule has 0 aromatic rings. The van der Waals surface area contributed by atoms with Crippen molar-refractivity contribution >= 4 is 5.91 Å². The molecule has 1 N–H and O–H groups in total. The van der Waals surface area contributed by atoms with E-state index < -0.39 is 0 Å². The quantitative estimate of drug-likeness (QED) is 0.619. The van der Waals surface area contributed by atoms with E-state index in [2.05, 4.69) is 28.2 Å². The number of amides is 1. The monoisotopic (exact) mass is 360 g/mol. The van der Waals surface area contributed by atoms with Crippen molar-refractivity contribution in [2.24, 2.45) is 0 Å². The zero-order valence-electron chi connectivity index (χ0n) is 16.5. The molecule has 26 heavy (non-hydrogen) atoms. The highest BCUT2D eigenvalue weighted by atomic mass is 16.1. The first kappa shape index (κ1) is 20.8. The molecule has 1 aliphatic carbocycles. The maximum atomic E-state index is 12.6. The molecule has 0 bridgehead atoms. The summed E-state index contributed by atoms with van der Waals surface area (Å²) in [5.74, 6) is -0.191. The van der Waals surface area contributed by atoms with E-state index in [1.807, 2.05) is 0 Å². The van der Waals surface area contributed by atoms with Crippen LogP contribution in [0, 0.1) is 11.3 Å². The van der Waals surface area contributed by atoms with Gasteiger partial charge in [0.25, 0.3) is 5.91 Å². The molecule has 0 atom stereocenters. The first-order chi connectivity index (χ1) is 12.7. The van der Waals surface area contributed by atoms with Crippen LogP contribution in [0.5, 0.6) is 0 Å². The molecular formula is C21H36N4O. The number of hydrogen-bond acceptors (Lipinski definition) is 4. The number of nitriles is 1. The third-order valence-corrected chi connectivity index (χ3v) is 5.66. The summed E-state index contributed by atoms with van der Waals surface area (Å²) in [4.78, 5) is 17.0. The number of carbonyl (C=O) groups is 1. The van der Waals surface area contributed by atoms with Crippen molar-refractivity contribution < 1.29 is 4.79 Å². The second-order valence-electron chi connectivity index (χ2n) is 7.92. The summed E-state index contributed by atoms with van der Waals surface area (Å²) < 4.78 is 0. The molecule has 1 aliphatic heterocycles. The van der Waals surface area contributed by atoms with Crippen molar-refractivity contribution in [3.05, 3.63) is 11.8 Å². The Labute approximate surface area is 159 Å². The number of rotatable bonds is 3. The molecule has 0 spiro atoms. The molecule has 146 valence electrons. The molecule has 5 heteroatoms. The number of piperazine rings is 1. The predicted molar refractivity (Wildman–Crippen MR) is 105 cm³/mol. The summed E-state index contributed by atoms with van der Waals surface area (Å²) in [6.07, 6.45) is 15.4. The highest BCUT2D eigenvalue weighted by molar-refractivity contribution is 5.97. The Morgan fingerprint density at radius 1 is 0.923 bits per heavy atom. The molecule has 2 rings (SSSR count). The lowest BCUT2D eigenvalue weighted by atomic mass is 9.97. The summed E-state index contributed by atoms with van der Waals surface area (Å²) in [7, 11) is 2.10. The lowest BCUT2D eigenvalue weighted by Crippen LogP contribution is -2.42. The zero-order chi connectivity index (χ0) is 18.6. The average Bonchev–Trinajstić information content (AvgIpc) is 2.63. The van der Waals surface area contributed by atoms with Crippen molar-refractivity contribution in [3.63, 3.8) is 0 Å². The van der Waals surface area contributed by atoms with Crippen LogP contribution in [-0.4, -0.2) is 55.0 Å². The van der Waals surface area contributed by atoms with E-state index in [4.69, 9.17) is 0 Å². The SMILES string of the molecule is CN1CCN(/C=C(/C#N)C(=O)NC2CCCCCCCCCCC2)CC1. The van der Waals surface area contributed by atoms with Gasteiger partial charge in [-0.2, -0.15) is 5.26 Å². The van der Waals surface area contributed by atoms with Gasteiger partial charge in [-0.15, -0.1) is 0 Å². The normalized spacial score (nSPS) is 22.8. The summed E-state index contributed by atoms with van der Waals surface area (Å²) in [5.41, 5.74) is 0.251. The lowest BCUT2D eigenvalue weighted by molar-refractivity contribution is -0.118. The van der Waals surface area contributed by atoms with Crippen molar-refractivity contribution in [2.45, 2.75) is 76.7 Å². The van der Waals surface area contributed by atoms with Crippen LogP contribution in [-0.2, 0) is 4.79 Å². The fourth-order valence-electron chi connectivity index (χ4n) is 3.84. The number of hydrogen-bond donors (Lipinski definition) is 1. The number of nitrogens with one attached hydrogen (secondary N) is 1. The first-order valence-electron chi connectivity index (χ1n) is 10.5. The van der Waals surface area contributed by atoms with Gasteiger partial charge in [-0.05, 0) is 19.9 Å². The molecule has 1 saturated carbocycles. The van der Waals surface area contributed by atoms with Gasteiger partial charge in [0, 0.05) is 38.4 Å². The smallest absolute Gasteiger partial charge is 0.263 e. The third-order valence-electron chi connectivity index (χ3n) is 5.66. The lowest BCUT2D eigenvalue weighted by Gasteiger charge is -2.31. The van der Waals surface area contributed by atoms with Crippen LogP contribution in [0.25, 0.3) is 0 Å². The van der Waals surface area contributed by atoms with Gasteiger partial charge in [-0.25, -0.2) is 0 Å². The van der Waals surface area contributed by atoms with Gasteiger partial charge in [0.05, 0.1) is 0 Å². The molecule has 0 radical (unpaired) electrons. The Bertz CT molecular complexity index is 477. The third kappa shape index (κ3) is 7.78. The van der Waals surface area contributed by atoms with Crippen LogP contribution in [0.3, 0.4) is 0 Å². The van der Waals surface area contributed by atoms with Gasteiger partial charge in [0.15, 0.2) is 0 Å². The summed E-state index contributed by atoms with van der Waals surface area (Å²) >= 11 is 0. The Balaban J connectivity index is 1.87. The molecule has 1 saturated heterocycles. The van der Waals surface area contributed by atoms with E-state index in [9.17, 15) is 10.1 Å². The van der Waals surface area contributed by atoms with E-state index in [1.165, 1.54) is 57.8 Å². The molecule has 0 aromatic heterocycles. The highest BCUT2D eigenvalue weighted by Crippen LogP contribution is 2.17. The molecule has 2 fully saturated rings. The molecule has 2 aliphatic rings. The Morgan fingerprint density at radius 3 is 1.92 bits per heavy atom. The minimum atomic E-state index is -0.191. The van der Waals surface area contributed by atoms with Gasteiger partial charge in [0.2, 0.25) is 0 Å². The Morgan fingerprint density at radius 2 is 1.42 bits per heavy atom. The van der Waals surface area contributed by atoms with E-state index in [-0.39, 0.29) is 17.5 Å². The zero-order valence-corrected chi connectivity index (χ0v) is 16.5. The fourth-order valence-corrected chi connectivity index (χ4v) is 3.84. The maximum absolute atomic E-state index is 12.6. The minimum absolute atomic E-state index is 0.191. The highest BCUT2D eigenvalue weighted by Gasteiger charge is 2.18. The maximum Gasteiger partial charge on any atom is 0.263 e. The molecule has 1 amide bonds. The number of likely N-dealkylation sites (N-methyl/N-ethyl adjacent to an activating group) is 1. The molecule has 0 unspecified atom stereocenters. The van der Waals surface area contributed by atoms with Gasteiger partial charge in [-0.1, -0.05) is 57.8 Å². The molecule has 1 heterocycles. The summed E-state index contributed by atoms with van der Waals surface area (Å²) in [6, 6.07) is 2.33. The van der Waals surface area contributed by atoms with Crippen molar-refractivity contribution in [1.29, 1.82) is 5.26 Å². The Hall–Kier alpha value is -1.54. The fraction of sp³-hybridized carbons (Fsp3) is 0.810. The average molecular weight is 361 g/mol. The van der Waals surface area contributed by atoms with E-state index >= 15 is 0 Å². The van der Waals surface area contributed by atoms with E-state index in [0.717, 1.165) is 39.0 Å². The largest absolute Gasteiger partial charge is 0.374 e.